The van der Waals surface area contributed by atoms with E-state index in [1.165, 1.54) is 17.4 Å². The Morgan fingerprint density at radius 2 is 2.00 bits per heavy atom. The molecule has 0 aliphatic heterocycles. The predicted octanol–water partition coefficient (Wildman–Crippen LogP) is 4.42. The summed E-state index contributed by atoms with van der Waals surface area (Å²) in [6.45, 7) is 0. The van der Waals surface area contributed by atoms with E-state index in [-0.39, 0.29) is 11.2 Å². The number of hydrogen-bond donors (Lipinski definition) is 1. The maximum Gasteiger partial charge on any atom is 0.293 e. The highest BCUT2D eigenvalue weighted by molar-refractivity contribution is 9.10. The molecule has 2 aromatic heterocycles. The number of benzene rings is 2. The zero-order chi connectivity index (χ0) is 16.7. The zero-order valence-electron chi connectivity index (χ0n) is 12.1. The molecule has 5 nitrogen and oxygen atoms in total. The van der Waals surface area contributed by atoms with Crippen LogP contribution >= 0.6 is 27.3 Å². The molecule has 2 aromatic carbocycles. The average molecular weight is 401 g/mol. The van der Waals surface area contributed by atoms with Crippen LogP contribution in [0.4, 0.5) is 5.13 Å². The fourth-order valence-electron chi connectivity index (χ4n) is 2.33. The van der Waals surface area contributed by atoms with E-state index in [0.717, 1.165) is 14.7 Å². The first kappa shape index (κ1) is 15.0. The molecule has 4 aromatic rings. The second kappa shape index (κ2) is 5.85. The third-order valence-corrected chi connectivity index (χ3v) is 4.86. The maximum absolute atomic E-state index is 12.4. The minimum Gasteiger partial charge on any atom is -0.451 e. The summed E-state index contributed by atoms with van der Waals surface area (Å²) in [6.07, 6.45) is 0. The molecular formula is C17H9BrN2O3S. The number of aromatic nitrogens is 1. The van der Waals surface area contributed by atoms with E-state index in [1.807, 2.05) is 18.2 Å². The second-order valence-electron chi connectivity index (χ2n) is 5.06. The molecule has 1 amide bonds. The van der Waals surface area contributed by atoms with Crippen LogP contribution in [0.2, 0.25) is 0 Å². The smallest absolute Gasteiger partial charge is 0.293 e. The highest BCUT2D eigenvalue weighted by atomic mass is 79.9. The summed E-state index contributed by atoms with van der Waals surface area (Å²) in [6, 6.07) is 13.7. The highest BCUT2D eigenvalue weighted by Crippen LogP contribution is 2.28. The molecule has 4 rings (SSSR count). The van der Waals surface area contributed by atoms with Gasteiger partial charge in [-0.25, -0.2) is 4.98 Å². The molecule has 0 atom stereocenters. The van der Waals surface area contributed by atoms with Crippen molar-refractivity contribution in [1.82, 2.24) is 4.98 Å². The van der Waals surface area contributed by atoms with Gasteiger partial charge < -0.3 is 4.42 Å². The summed E-state index contributed by atoms with van der Waals surface area (Å²) < 4.78 is 7.41. The van der Waals surface area contributed by atoms with Crippen LogP contribution in [0.3, 0.4) is 0 Å². The quantitative estimate of drug-likeness (QED) is 0.540. The van der Waals surface area contributed by atoms with E-state index in [9.17, 15) is 9.59 Å². The Balaban J connectivity index is 1.69. The number of rotatable bonds is 2. The molecular weight excluding hydrogens is 392 g/mol. The van der Waals surface area contributed by atoms with Gasteiger partial charge in [-0.05, 0) is 30.3 Å². The number of halogens is 1. The van der Waals surface area contributed by atoms with Crippen LogP contribution in [0.5, 0.6) is 0 Å². The van der Waals surface area contributed by atoms with Gasteiger partial charge in [0.05, 0.1) is 15.6 Å². The van der Waals surface area contributed by atoms with Gasteiger partial charge in [-0.2, -0.15) is 0 Å². The molecule has 0 aliphatic rings. The molecule has 0 radical (unpaired) electrons. The van der Waals surface area contributed by atoms with E-state index in [1.54, 1.807) is 24.3 Å². The van der Waals surface area contributed by atoms with E-state index < -0.39 is 5.91 Å². The summed E-state index contributed by atoms with van der Waals surface area (Å²) in [7, 11) is 0. The molecule has 0 saturated carbocycles. The number of anilines is 1. The van der Waals surface area contributed by atoms with Crippen LogP contribution in [0.25, 0.3) is 21.2 Å². The standard InChI is InChI=1S/C17H9BrN2O3S/c18-9-5-6-11-15(7-9)24-17(19-11)20-16(22)14-8-12(21)10-3-1-2-4-13(10)23-14/h1-8H,(H,19,20,22). The van der Waals surface area contributed by atoms with Gasteiger partial charge in [0.15, 0.2) is 16.3 Å². The number of carbonyl (C=O) groups excluding carboxylic acids is 1. The summed E-state index contributed by atoms with van der Waals surface area (Å²) >= 11 is 4.75. The fourth-order valence-corrected chi connectivity index (χ4v) is 3.74. The number of carbonyl (C=O) groups is 1. The first-order valence-electron chi connectivity index (χ1n) is 7.00. The maximum atomic E-state index is 12.4. The summed E-state index contributed by atoms with van der Waals surface area (Å²) in [4.78, 5) is 28.8. The third kappa shape index (κ3) is 2.72. The lowest BCUT2D eigenvalue weighted by molar-refractivity contribution is 0.0997. The summed E-state index contributed by atoms with van der Waals surface area (Å²) in [5, 5.41) is 3.57. The van der Waals surface area contributed by atoms with Crippen molar-refractivity contribution < 1.29 is 9.21 Å². The molecule has 7 heteroatoms. The Morgan fingerprint density at radius 1 is 1.17 bits per heavy atom. The van der Waals surface area contributed by atoms with Gasteiger partial charge in [-0.3, -0.25) is 14.9 Å². The number of thiazole rings is 1. The number of nitrogens with zero attached hydrogens (tertiary/aromatic N) is 1. The van der Waals surface area contributed by atoms with Crippen molar-refractivity contribution in [2.75, 3.05) is 5.32 Å². The molecule has 0 fully saturated rings. The second-order valence-corrected chi connectivity index (χ2v) is 7.00. The summed E-state index contributed by atoms with van der Waals surface area (Å²) in [5.74, 6) is -0.546. The topological polar surface area (TPSA) is 72.2 Å². The van der Waals surface area contributed by atoms with E-state index >= 15 is 0 Å². The summed E-state index contributed by atoms with van der Waals surface area (Å²) in [5.41, 5.74) is 0.914. The molecule has 0 aliphatic carbocycles. The Hall–Kier alpha value is -2.51. The van der Waals surface area contributed by atoms with Gasteiger partial charge in [0, 0.05) is 10.5 Å². The number of amides is 1. The number of nitrogens with one attached hydrogen (secondary N) is 1. The van der Waals surface area contributed by atoms with E-state index in [4.69, 9.17) is 4.42 Å². The third-order valence-electron chi connectivity index (χ3n) is 3.43. The van der Waals surface area contributed by atoms with Gasteiger partial charge in [-0.15, -0.1) is 0 Å². The highest BCUT2D eigenvalue weighted by Gasteiger charge is 2.14. The molecule has 0 bridgehead atoms. The van der Waals surface area contributed by atoms with Crippen molar-refractivity contribution in [3.63, 3.8) is 0 Å². The monoisotopic (exact) mass is 400 g/mol. The van der Waals surface area contributed by atoms with Crippen LogP contribution in [-0.4, -0.2) is 10.9 Å². The fraction of sp³-hybridized carbons (Fsp3) is 0. The van der Waals surface area contributed by atoms with Crippen molar-refractivity contribution in [2.24, 2.45) is 0 Å². The van der Waals surface area contributed by atoms with Crippen molar-refractivity contribution in [3.05, 3.63) is 69.0 Å². The SMILES string of the molecule is O=C(Nc1nc2ccc(Br)cc2s1)c1cc(=O)c2ccccc2o1. The molecule has 0 unspecified atom stereocenters. The number of para-hydroxylation sites is 1. The lowest BCUT2D eigenvalue weighted by atomic mass is 10.2. The molecule has 24 heavy (non-hydrogen) atoms. The lowest BCUT2D eigenvalue weighted by Crippen LogP contribution is -2.14. The van der Waals surface area contributed by atoms with Crippen LogP contribution in [0, 0.1) is 0 Å². The Bertz CT molecular complexity index is 1150. The van der Waals surface area contributed by atoms with Gasteiger partial charge in [0.1, 0.15) is 5.58 Å². The Morgan fingerprint density at radius 3 is 2.88 bits per heavy atom. The van der Waals surface area contributed by atoms with E-state index in [2.05, 4.69) is 26.2 Å². The van der Waals surface area contributed by atoms with Gasteiger partial charge >= 0.3 is 0 Å². The van der Waals surface area contributed by atoms with Crippen LogP contribution in [-0.2, 0) is 0 Å². The van der Waals surface area contributed by atoms with Crippen LogP contribution < -0.4 is 10.7 Å². The largest absolute Gasteiger partial charge is 0.451 e. The lowest BCUT2D eigenvalue weighted by Gasteiger charge is -2.02. The van der Waals surface area contributed by atoms with Crippen molar-refractivity contribution >= 4 is 59.5 Å². The number of hydrogen-bond acceptors (Lipinski definition) is 5. The first-order chi connectivity index (χ1) is 11.6. The molecule has 118 valence electrons. The Kier molecular flexibility index (Phi) is 3.66. The minimum atomic E-state index is -0.504. The van der Waals surface area contributed by atoms with Crippen molar-refractivity contribution in [1.29, 1.82) is 0 Å². The normalized spacial score (nSPS) is 11.0. The Labute approximate surface area is 148 Å². The van der Waals surface area contributed by atoms with Crippen molar-refractivity contribution in [2.45, 2.75) is 0 Å². The van der Waals surface area contributed by atoms with Gasteiger partial charge in [0.25, 0.3) is 5.91 Å². The van der Waals surface area contributed by atoms with Crippen molar-refractivity contribution in [3.8, 4) is 0 Å². The number of fused-ring (bicyclic) bond motifs is 2. The molecule has 2 heterocycles. The van der Waals surface area contributed by atoms with Gasteiger partial charge in [-0.1, -0.05) is 39.4 Å². The van der Waals surface area contributed by atoms with Crippen LogP contribution in [0.15, 0.2) is 62.2 Å². The first-order valence-corrected chi connectivity index (χ1v) is 8.61. The minimum absolute atomic E-state index is 0.0425. The molecule has 1 N–H and O–H groups in total. The molecule has 0 saturated heterocycles. The van der Waals surface area contributed by atoms with E-state index in [0.29, 0.717) is 16.1 Å². The van der Waals surface area contributed by atoms with Gasteiger partial charge in [0.2, 0.25) is 0 Å². The van der Waals surface area contributed by atoms with Crippen LogP contribution in [0.1, 0.15) is 10.6 Å². The zero-order valence-corrected chi connectivity index (χ0v) is 14.5. The predicted molar refractivity (Wildman–Crippen MR) is 97.8 cm³/mol. The molecule has 0 spiro atoms. The average Bonchev–Trinajstić information content (AvgIpc) is 2.96.